The smallest absolute Gasteiger partial charge is 0.339 e. The maximum atomic E-state index is 12.4. The largest absolute Gasteiger partial charge is 0.359 e. The van der Waals surface area contributed by atoms with Crippen molar-refractivity contribution >= 4 is 68.1 Å². The molecular formula is C37H50N5O11S4+. The van der Waals surface area contributed by atoms with Crippen LogP contribution >= 0.6 is 24.9 Å². The number of fused-ring (bicyclic) bond motifs is 4. The molecule has 0 amide bonds. The highest BCUT2D eigenvalue weighted by Gasteiger charge is 2.53. The summed E-state index contributed by atoms with van der Waals surface area (Å²) in [6, 6.07) is 10.8. The average Bonchev–Trinajstić information content (AvgIpc) is 3.57. The third-order valence-electron chi connectivity index (χ3n) is 11.8. The van der Waals surface area contributed by atoms with Crippen LogP contribution in [0.1, 0.15) is 63.5 Å². The van der Waals surface area contributed by atoms with Crippen LogP contribution in [0.3, 0.4) is 0 Å². The molecule has 16 nitrogen and oxygen atoms in total. The highest BCUT2D eigenvalue weighted by Crippen LogP contribution is 2.54. The number of allylic oxidation sites excluding steroid dienone is 4. The summed E-state index contributed by atoms with van der Waals surface area (Å²) in [5.41, 5.74) is 5.01. The number of likely N-dealkylation sites (tertiary alicyclic amines) is 2. The van der Waals surface area contributed by atoms with E-state index in [-0.39, 0.29) is 17.2 Å². The second kappa shape index (κ2) is 18.2. The zero-order valence-electron chi connectivity index (χ0n) is 31.9. The Morgan fingerprint density at radius 2 is 1.67 bits per heavy atom. The Labute approximate surface area is 343 Å². The summed E-state index contributed by atoms with van der Waals surface area (Å²) in [4.78, 5) is 26.4. The molecule has 2 saturated heterocycles. The minimum Gasteiger partial charge on any atom is -0.359 e. The van der Waals surface area contributed by atoms with Crippen LogP contribution in [-0.2, 0) is 50.1 Å². The van der Waals surface area contributed by atoms with E-state index in [1.807, 2.05) is 12.1 Å². The molecule has 0 radical (unpaired) electrons. The minimum absolute atomic E-state index is 0.111. The van der Waals surface area contributed by atoms with Gasteiger partial charge in [0.05, 0.1) is 34.7 Å². The summed E-state index contributed by atoms with van der Waals surface area (Å²) in [6.07, 6.45) is 10.0. The quantitative estimate of drug-likeness (QED) is 0.0296. The Hall–Kier alpha value is -2.86. The molecule has 0 aliphatic carbocycles. The molecule has 0 saturated carbocycles. The number of piperidine rings is 2. The van der Waals surface area contributed by atoms with Crippen molar-refractivity contribution in [2.75, 3.05) is 63.0 Å². The summed E-state index contributed by atoms with van der Waals surface area (Å²) in [5.74, 6) is -0.715. The Bertz CT molecular complexity index is 2130. The highest BCUT2D eigenvalue weighted by atomic mass is 32.2. The van der Waals surface area contributed by atoms with Gasteiger partial charge < -0.3 is 14.6 Å². The molecule has 4 aliphatic heterocycles. The van der Waals surface area contributed by atoms with Crippen molar-refractivity contribution in [2.45, 2.75) is 73.0 Å². The van der Waals surface area contributed by atoms with Crippen molar-refractivity contribution in [3.8, 4) is 0 Å². The van der Waals surface area contributed by atoms with Gasteiger partial charge in [-0.25, -0.2) is 10.1 Å². The number of carbonyl (C=O) groups is 1. The molecule has 0 unspecified atom stereocenters. The van der Waals surface area contributed by atoms with Gasteiger partial charge in [0, 0.05) is 59.0 Å². The molecule has 57 heavy (non-hydrogen) atoms. The number of carbonyl (C=O) groups excluding carboxylic acids is 1. The van der Waals surface area contributed by atoms with E-state index in [2.05, 4.69) is 80.2 Å². The molecule has 0 atom stereocenters. The zero-order valence-corrected chi connectivity index (χ0v) is 35.2. The number of hydrogen-bond acceptors (Lipinski definition) is 15. The van der Waals surface area contributed by atoms with Crippen molar-refractivity contribution in [3.63, 3.8) is 0 Å². The van der Waals surface area contributed by atoms with Gasteiger partial charge in [0.15, 0.2) is 5.71 Å². The second-order valence-electron chi connectivity index (χ2n) is 14.7. The molecule has 2 spiro atoms. The van der Waals surface area contributed by atoms with Crippen molar-refractivity contribution in [2.24, 2.45) is 0 Å². The van der Waals surface area contributed by atoms with E-state index in [0.29, 0.717) is 84.3 Å². The number of likely N-dealkylation sites (N-methyl/N-ethyl adjacent to an activating group) is 1. The first kappa shape index (κ1) is 43.7. The molecular weight excluding hydrogens is 819 g/mol. The van der Waals surface area contributed by atoms with Crippen molar-refractivity contribution in [3.05, 3.63) is 71.5 Å². The van der Waals surface area contributed by atoms with Crippen molar-refractivity contribution in [1.29, 1.82) is 0 Å². The minimum atomic E-state index is -4.47. The number of benzene rings is 2. The number of anilines is 1. The first-order chi connectivity index (χ1) is 27.2. The van der Waals surface area contributed by atoms with Gasteiger partial charge >= 0.3 is 5.97 Å². The Balaban J connectivity index is 1.36. The predicted molar refractivity (Wildman–Crippen MR) is 218 cm³/mol. The number of thiol groups is 1. The Morgan fingerprint density at radius 3 is 2.30 bits per heavy atom. The number of rotatable bonds is 16. The van der Waals surface area contributed by atoms with E-state index in [1.165, 1.54) is 6.07 Å². The van der Waals surface area contributed by atoms with Crippen molar-refractivity contribution in [1.82, 2.24) is 14.7 Å². The number of nitrogens with zero attached hydrogens (tertiary/aromatic N) is 4. The van der Waals surface area contributed by atoms with Crippen LogP contribution in [0.15, 0.2) is 70.1 Å². The zero-order chi connectivity index (χ0) is 41.0. The number of unbranched alkanes of at least 4 members (excludes halogenated alkanes) is 1. The van der Waals surface area contributed by atoms with Crippen LogP contribution in [0.5, 0.6) is 0 Å². The normalized spacial score (nSPS) is 20.3. The molecule has 2 aromatic rings. The lowest BCUT2D eigenvalue weighted by Gasteiger charge is -2.41. The maximum Gasteiger partial charge on any atom is 0.339 e. The molecule has 2 fully saturated rings. The van der Waals surface area contributed by atoms with Crippen LogP contribution in [0.2, 0.25) is 0 Å². The molecule has 4 heterocycles. The molecule has 2 aromatic carbocycles. The monoisotopic (exact) mass is 868 g/mol. The van der Waals surface area contributed by atoms with E-state index in [4.69, 9.17) is 19.0 Å². The van der Waals surface area contributed by atoms with Gasteiger partial charge in [-0.15, -0.1) is 4.33 Å². The first-order valence-corrected chi connectivity index (χ1v) is 23.1. The fraction of sp³-hybridized carbons (Fsp3) is 0.514. The highest BCUT2D eigenvalue weighted by molar-refractivity contribution is 7.94. The second-order valence-corrected chi connectivity index (χ2v) is 18.6. The molecule has 0 bridgehead atoms. The van der Waals surface area contributed by atoms with Gasteiger partial charge in [0.2, 0.25) is 5.69 Å². The first-order valence-electron chi connectivity index (χ1n) is 18.9. The lowest BCUT2D eigenvalue weighted by molar-refractivity contribution is -0.433. The van der Waals surface area contributed by atoms with Crippen LogP contribution in [-0.4, -0.2) is 115 Å². The van der Waals surface area contributed by atoms with Gasteiger partial charge in [-0.05, 0) is 114 Å². The van der Waals surface area contributed by atoms with Crippen molar-refractivity contribution < 1.29 is 54.8 Å². The van der Waals surface area contributed by atoms with Gasteiger partial charge in [-0.3, -0.25) is 14.0 Å². The van der Waals surface area contributed by atoms with E-state index in [1.54, 1.807) is 12.1 Å². The molecule has 0 aromatic heterocycles. The molecule has 4 N–H and O–H groups in total. The van der Waals surface area contributed by atoms with Gasteiger partial charge in [0.25, 0.3) is 20.2 Å². The van der Waals surface area contributed by atoms with Crippen LogP contribution < -0.4 is 9.79 Å². The van der Waals surface area contributed by atoms with Gasteiger partial charge in [-0.2, -0.15) is 21.4 Å². The van der Waals surface area contributed by atoms with E-state index in [0.717, 1.165) is 50.8 Å². The fourth-order valence-electron chi connectivity index (χ4n) is 9.19. The SMILES string of the molecule is CCN1C(=CC=CC2=[N+](CC)c3ccc(SOOO)cc3C23CCN(CC(=O)ONS)CC3)C2(CCN(CCCCS(=O)(=O)O)CC2)c2cc(S(=O)(=O)O)ccc21. The van der Waals surface area contributed by atoms with E-state index >= 15 is 0 Å². The van der Waals surface area contributed by atoms with Gasteiger partial charge in [-0.1, -0.05) is 28.8 Å². The molecule has 6 rings (SSSR count). The molecule has 4 aliphatic rings. The Morgan fingerprint density at radius 1 is 0.965 bits per heavy atom. The summed E-state index contributed by atoms with van der Waals surface area (Å²) in [6.45, 7) is 8.83. The Kier molecular flexibility index (Phi) is 13.9. The summed E-state index contributed by atoms with van der Waals surface area (Å²) >= 11 is 4.68. The topological polar surface area (TPSA) is 198 Å². The third kappa shape index (κ3) is 9.32. The molecule has 20 heteroatoms. The lowest BCUT2D eigenvalue weighted by Crippen LogP contribution is -2.48. The van der Waals surface area contributed by atoms with Crippen LogP contribution in [0, 0.1) is 0 Å². The summed E-state index contributed by atoms with van der Waals surface area (Å²) in [5, 5.41) is 12.7. The molecule has 312 valence electrons. The van der Waals surface area contributed by atoms with Crippen LogP contribution in [0.4, 0.5) is 11.4 Å². The maximum absolute atomic E-state index is 12.4. The summed E-state index contributed by atoms with van der Waals surface area (Å²) in [7, 11) is -8.49. The number of hydrogen-bond donors (Lipinski definition) is 5. The lowest BCUT2D eigenvalue weighted by atomic mass is 9.70. The average molecular weight is 869 g/mol. The van der Waals surface area contributed by atoms with Gasteiger partial charge in [0.1, 0.15) is 6.54 Å². The van der Waals surface area contributed by atoms with Crippen LogP contribution in [0.25, 0.3) is 0 Å². The fourth-order valence-corrected chi connectivity index (χ4v) is 10.8. The van der Waals surface area contributed by atoms with E-state index < -0.39 is 37.0 Å². The predicted octanol–water partition coefficient (Wildman–Crippen LogP) is 4.69. The van der Waals surface area contributed by atoms with E-state index in [9.17, 15) is 26.2 Å². The summed E-state index contributed by atoms with van der Waals surface area (Å²) < 4.78 is 73.6. The third-order valence-corrected chi connectivity index (χ3v) is 14.1. The number of nitrogens with one attached hydrogen (secondary N) is 1. The standard InChI is InChI=1S/C37H49N5O11S4/c1-3-41-31-12-10-27(55-53-52-44)24-29(31)36(16-21-40(22-17-36)26-35(43)51-38-54)33(41)8-7-9-34-37(14-19-39(20-15-37)18-5-6-23-56(45,46)47)30-25-28(57(48,49)50)11-13-32(30)42(34)4-2/h7-13,24-25,38,54H,3-6,14-23,26H2,1-2H3,(H2-,44,45,46,47,48,49,50)/p+1.